The van der Waals surface area contributed by atoms with Crippen LogP contribution in [-0.4, -0.2) is 28.7 Å². The molecule has 0 amide bonds. The zero-order chi connectivity index (χ0) is 11.8. The molecule has 3 rings (SSSR count). The molecule has 2 fully saturated rings. The van der Waals surface area contributed by atoms with Gasteiger partial charge in [0.25, 0.3) is 0 Å². The van der Waals surface area contributed by atoms with Crippen molar-refractivity contribution in [2.75, 3.05) is 19.3 Å². The predicted molar refractivity (Wildman–Crippen MR) is 69.6 cm³/mol. The lowest BCUT2D eigenvalue weighted by molar-refractivity contribution is 0.214. The van der Waals surface area contributed by atoms with Crippen LogP contribution in [0.15, 0.2) is 0 Å². The molecule has 0 aromatic carbocycles. The van der Waals surface area contributed by atoms with Crippen LogP contribution in [0.2, 0.25) is 0 Å². The molecule has 0 saturated heterocycles. The van der Waals surface area contributed by atoms with Crippen LogP contribution in [0.5, 0.6) is 0 Å². The predicted octanol–water partition coefficient (Wildman–Crippen LogP) is 1.99. The van der Waals surface area contributed by atoms with Crippen LogP contribution in [-0.2, 0) is 6.54 Å². The van der Waals surface area contributed by atoms with Gasteiger partial charge in [0.1, 0.15) is 5.01 Å². The number of hydrogen-bond acceptors (Lipinski definition) is 5. The number of fused-ring (bicyclic) bond motifs is 2. The number of nitrogens with two attached hydrogens (primary N) is 1. The molecule has 1 heterocycles. The van der Waals surface area contributed by atoms with Gasteiger partial charge in [0, 0.05) is 6.54 Å². The molecule has 3 unspecified atom stereocenters. The second-order valence-electron chi connectivity index (χ2n) is 5.67. The Labute approximate surface area is 106 Å². The summed E-state index contributed by atoms with van der Waals surface area (Å²) >= 11 is 1.50. The zero-order valence-corrected chi connectivity index (χ0v) is 11.1. The lowest BCUT2D eigenvalue weighted by Gasteiger charge is -2.26. The molecular weight excluding hydrogens is 232 g/mol. The van der Waals surface area contributed by atoms with Gasteiger partial charge >= 0.3 is 0 Å². The summed E-state index contributed by atoms with van der Waals surface area (Å²) in [6.07, 6.45) is 5.89. The van der Waals surface area contributed by atoms with Crippen molar-refractivity contribution in [1.82, 2.24) is 15.1 Å². The van der Waals surface area contributed by atoms with Crippen molar-refractivity contribution < 1.29 is 0 Å². The third kappa shape index (κ3) is 2.45. The van der Waals surface area contributed by atoms with Crippen LogP contribution in [0.1, 0.15) is 30.7 Å². The first-order valence-electron chi connectivity index (χ1n) is 6.47. The minimum atomic E-state index is 0.577. The van der Waals surface area contributed by atoms with Crippen molar-refractivity contribution in [1.29, 1.82) is 0 Å². The van der Waals surface area contributed by atoms with Crippen LogP contribution in [0.4, 0.5) is 5.13 Å². The number of nitrogens with zero attached hydrogens (tertiary/aromatic N) is 3. The summed E-state index contributed by atoms with van der Waals surface area (Å²) in [4.78, 5) is 2.38. The Kier molecular flexibility index (Phi) is 3.04. The first kappa shape index (κ1) is 11.4. The Balaban J connectivity index is 1.52. The van der Waals surface area contributed by atoms with E-state index in [4.69, 9.17) is 5.73 Å². The SMILES string of the molecule is CN(Cc1nnc(N)s1)CC1CC2CCC1C2. The minimum absolute atomic E-state index is 0.577. The van der Waals surface area contributed by atoms with Crippen LogP contribution in [0, 0.1) is 17.8 Å². The molecule has 0 radical (unpaired) electrons. The first-order valence-corrected chi connectivity index (χ1v) is 7.28. The largest absolute Gasteiger partial charge is 0.374 e. The summed E-state index contributed by atoms with van der Waals surface area (Å²) in [5.74, 6) is 2.96. The number of aromatic nitrogens is 2. The van der Waals surface area contributed by atoms with Gasteiger partial charge in [-0.05, 0) is 44.1 Å². The minimum Gasteiger partial charge on any atom is -0.374 e. The van der Waals surface area contributed by atoms with Crippen molar-refractivity contribution >= 4 is 16.5 Å². The van der Waals surface area contributed by atoms with Gasteiger partial charge < -0.3 is 5.73 Å². The fraction of sp³-hybridized carbons (Fsp3) is 0.833. The summed E-state index contributed by atoms with van der Waals surface area (Å²) in [6.45, 7) is 2.10. The Bertz CT molecular complexity index is 392. The molecule has 1 aromatic heterocycles. The maximum atomic E-state index is 5.59. The van der Waals surface area contributed by atoms with Crippen LogP contribution < -0.4 is 5.73 Å². The monoisotopic (exact) mass is 252 g/mol. The van der Waals surface area contributed by atoms with E-state index in [1.807, 2.05) is 0 Å². The van der Waals surface area contributed by atoms with Crippen molar-refractivity contribution in [3.05, 3.63) is 5.01 Å². The molecule has 3 atom stereocenters. The van der Waals surface area contributed by atoms with Gasteiger partial charge in [0.2, 0.25) is 5.13 Å². The maximum Gasteiger partial charge on any atom is 0.203 e. The molecule has 0 spiro atoms. The average Bonchev–Trinajstić information content (AvgIpc) is 2.95. The number of anilines is 1. The summed E-state index contributed by atoms with van der Waals surface area (Å²) in [6, 6.07) is 0. The smallest absolute Gasteiger partial charge is 0.203 e. The van der Waals surface area contributed by atoms with Crippen LogP contribution in [0.25, 0.3) is 0 Å². The van der Waals surface area contributed by atoms with Gasteiger partial charge in [0.05, 0.1) is 6.54 Å². The molecule has 2 bridgehead atoms. The first-order chi connectivity index (χ1) is 8.20. The van der Waals surface area contributed by atoms with E-state index in [1.54, 1.807) is 0 Å². The van der Waals surface area contributed by atoms with E-state index in [0.29, 0.717) is 5.13 Å². The normalized spacial score (nSPS) is 31.5. The molecular formula is C12H20N4S. The summed E-state index contributed by atoms with van der Waals surface area (Å²) in [5, 5.41) is 9.55. The van der Waals surface area contributed by atoms with Gasteiger partial charge in [0.15, 0.2) is 0 Å². The van der Waals surface area contributed by atoms with E-state index >= 15 is 0 Å². The number of nitrogen functional groups attached to an aromatic ring is 1. The van der Waals surface area contributed by atoms with E-state index in [9.17, 15) is 0 Å². The fourth-order valence-corrected chi connectivity index (χ4v) is 4.32. The van der Waals surface area contributed by atoms with Crippen LogP contribution in [0.3, 0.4) is 0 Å². The van der Waals surface area contributed by atoms with Gasteiger partial charge in [-0.25, -0.2) is 0 Å². The molecule has 5 heteroatoms. The topological polar surface area (TPSA) is 55.0 Å². The van der Waals surface area contributed by atoms with Crippen molar-refractivity contribution in [2.24, 2.45) is 17.8 Å². The Morgan fingerprint density at radius 1 is 1.35 bits per heavy atom. The molecule has 2 aliphatic carbocycles. The zero-order valence-electron chi connectivity index (χ0n) is 10.3. The lowest BCUT2D eigenvalue weighted by atomic mass is 9.88. The highest BCUT2D eigenvalue weighted by atomic mass is 32.1. The average molecular weight is 252 g/mol. The molecule has 2 aliphatic rings. The highest BCUT2D eigenvalue weighted by molar-refractivity contribution is 7.15. The van der Waals surface area contributed by atoms with E-state index in [1.165, 1.54) is 43.6 Å². The third-order valence-electron chi connectivity index (χ3n) is 4.32. The molecule has 1 aromatic rings. The molecule has 2 saturated carbocycles. The van der Waals surface area contributed by atoms with Crippen molar-refractivity contribution in [3.8, 4) is 0 Å². The summed E-state index contributed by atoms with van der Waals surface area (Å²) in [5.41, 5.74) is 5.59. The summed E-state index contributed by atoms with van der Waals surface area (Å²) in [7, 11) is 2.18. The molecule has 94 valence electrons. The van der Waals surface area contributed by atoms with E-state index in [2.05, 4.69) is 22.1 Å². The molecule has 2 N–H and O–H groups in total. The van der Waals surface area contributed by atoms with E-state index < -0.39 is 0 Å². The Hall–Kier alpha value is -0.680. The maximum absolute atomic E-state index is 5.59. The van der Waals surface area contributed by atoms with Gasteiger partial charge in [-0.2, -0.15) is 0 Å². The quantitative estimate of drug-likeness (QED) is 0.890. The number of hydrogen-bond donors (Lipinski definition) is 1. The second kappa shape index (κ2) is 4.53. The number of rotatable bonds is 4. The van der Waals surface area contributed by atoms with Gasteiger partial charge in [-0.1, -0.05) is 17.8 Å². The van der Waals surface area contributed by atoms with E-state index in [-0.39, 0.29) is 0 Å². The fourth-order valence-electron chi connectivity index (χ4n) is 3.63. The standard InChI is InChI=1S/C12H20N4S/c1-16(7-11-14-15-12(13)17-11)6-10-5-8-2-3-9(10)4-8/h8-10H,2-7H2,1H3,(H2,13,15). The lowest BCUT2D eigenvalue weighted by Crippen LogP contribution is -2.28. The Morgan fingerprint density at radius 2 is 2.24 bits per heavy atom. The van der Waals surface area contributed by atoms with Crippen LogP contribution >= 0.6 is 11.3 Å². The van der Waals surface area contributed by atoms with Gasteiger partial charge in [-0.3, -0.25) is 4.90 Å². The highest BCUT2D eigenvalue weighted by Crippen LogP contribution is 2.48. The summed E-state index contributed by atoms with van der Waals surface area (Å²) < 4.78 is 0. The Morgan fingerprint density at radius 3 is 2.82 bits per heavy atom. The third-order valence-corrected chi connectivity index (χ3v) is 5.06. The van der Waals surface area contributed by atoms with Gasteiger partial charge in [-0.15, -0.1) is 10.2 Å². The second-order valence-corrected chi connectivity index (χ2v) is 6.76. The van der Waals surface area contributed by atoms with E-state index in [0.717, 1.165) is 29.3 Å². The van der Waals surface area contributed by atoms with Crippen molar-refractivity contribution in [3.63, 3.8) is 0 Å². The molecule has 17 heavy (non-hydrogen) atoms. The molecule has 4 nitrogen and oxygen atoms in total. The highest BCUT2D eigenvalue weighted by Gasteiger charge is 2.39. The molecule has 0 aliphatic heterocycles. The van der Waals surface area contributed by atoms with Crippen molar-refractivity contribution in [2.45, 2.75) is 32.2 Å².